The zero-order chi connectivity index (χ0) is 15.9. The average Bonchev–Trinajstić information content (AvgIpc) is 2.72. The third kappa shape index (κ3) is 2.87. The Bertz CT molecular complexity index is 578. The van der Waals surface area contributed by atoms with E-state index in [-0.39, 0.29) is 5.91 Å². The Hall–Kier alpha value is -1.48. The number of ether oxygens (including phenoxy) is 1. The molecule has 0 spiro atoms. The molecule has 0 N–H and O–H groups in total. The van der Waals surface area contributed by atoms with Crippen molar-refractivity contribution in [3.63, 3.8) is 0 Å². The third-order valence-electron chi connectivity index (χ3n) is 4.60. The number of fused-ring (bicyclic) bond motifs is 2. The van der Waals surface area contributed by atoms with Gasteiger partial charge >= 0.3 is 0 Å². The monoisotopic (exact) mass is 319 g/mol. The molecule has 2 aliphatic rings. The Morgan fingerprint density at radius 1 is 1.23 bits per heavy atom. The number of hydrogen-bond acceptors (Lipinski definition) is 2. The number of hydrogen-bond donors (Lipinski definition) is 0. The van der Waals surface area contributed by atoms with Crippen LogP contribution in [0.15, 0.2) is 36.4 Å². The van der Waals surface area contributed by atoms with E-state index < -0.39 is 5.60 Å². The van der Waals surface area contributed by atoms with Gasteiger partial charge in [-0.15, -0.1) is 0 Å². The molecule has 2 bridgehead atoms. The second-order valence-electron chi connectivity index (χ2n) is 6.82. The van der Waals surface area contributed by atoms with Crippen LogP contribution in [0.4, 0.5) is 0 Å². The highest BCUT2D eigenvalue weighted by molar-refractivity contribution is 6.30. The molecule has 22 heavy (non-hydrogen) atoms. The molecule has 0 saturated carbocycles. The van der Waals surface area contributed by atoms with Crippen molar-refractivity contribution in [3.05, 3.63) is 41.4 Å². The molecular weight excluding hydrogens is 298 g/mol. The Morgan fingerprint density at radius 3 is 2.32 bits per heavy atom. The Kier molecular flexibility index (Phi) is 3.94. The maximum Gasteiger partial charge on any atom is 0.266 e. The first-order chi connectivity index (χ1) is 10.4. The minimum atomic E-state index is -0.882. The Morgan fingerprint density at radius 2 is 1.77 bits per heavy atom. The van der Waals surface area contributed by atoms with E-state index in [2.05, 4.69) is 6.58 Å². The number of halogens is 1. The zero-order valence-corrected chi connectivity index (χ0v) is 13.9. The van der Waals surface area contributed by atoms with Crippen LogP contribution in [0.25, 0.3) is 0 Å². The van der Waals surface area contributed by atoms with Crippen LogP contribution in [-0.2, 0) is 4.79 Å². The van der Waals surface area contributed by atoms with E-state index in [1.807, 2.05) is 18.7 Å². The van der Waals surface area contributed by atoms with Crippen LogP contribution in [0, 0.1) is 0 Å². The Labute approximate surface area is 136 Å². The first-order valence-corrected chi connectivity index (χ1v) is 8.18. The summed E-state index contributed by atoms with van der Waals surface area (Å²) in [5.74, 6) is 0.735. The molecule has 2 heterocycles. The van der Waals surface area contributed by atoms with Gasteiger partial charge in [-0.05, 0) is 63.8 Å². The lowest BCUT2D eigenvalue weighted by Gasteiger charge is -2.40. The zero-order valence-electron chi connectivity index (χ0n) is 13.1. The summed E-state index contributed by atoms with van der Waals surface area (Å²) in [6.07, 6.45) is 4.01. The second kappa shape index (κ2) is 5.62. The number of benzene rings is 1. The largest absolute Gasteiger partial charge is 0.478 e. The van der Waals surface area contributed by atoms with Gasteiger partial charge < -0.3 is 9.64 Å². The van der Waals surface area contributed by atoms with Crippen molar-refractivity contribution in [3.8, 4) is 5.75 Å². The van der Waals surface area contributed by atoms with Crippen LogP contribution in [0.2, 0.25) is 5.02 Å². The molecule has 0 aliphatic carbocycles. The maximum atomic E-state index is 13.0. The fraction of sp³-hybridized carbons (Fsp3) is 0.500. The van der Waals surface area contributed by atoms with Crippen LogP contribution in [0.5, 0.6) is 5.75 Å². The van der Waals surface area contributed by atoms with E-state index in [0.29, 0.717) is 22.9 Å². The van der Waals surface area contributed by atoms with Crippen molar-refractivity contribution in [1.29, 1.82) is 0 Å². The molecule has 4 heteroatoms. The van der Waals surface area contributed by atoms with Crippen LogP contribution in [0.1, 0.15) is 39.5 Å². The van der Waals surface area contributed by atoms with Crippen molar-refractivity contribution in [2.24, 2.45) is 0 Å². The quantitative estimate of drug-likeness (QED) is 0.781. The van der Waals surface area contributed by atoms with Gasteiger partial charge in [-0.2, -0.15) is 0 Å². The van der Waals surface area contributed by atoms with Gasteiger partial charge in [-0.25, -0.2) is 0 Å². The van der Waals surface area contributed by atoms with Gasteiger partial charge in [0, 0.05) is 17.1 Å². The average molecular weight is 320 g/mol. The summed E-state index contributed by atoms with van der Waals surface area (Å²) in [7, 11) is 0. The van der Waals surface area contributed by atoms with Gasteiger partial charge in [0.05, 0.1) is 0 Å². The van der Waals surface area contributed by atoms with Gasteiger partial charge in [0.1, 0.15) is 5.75 Å². The molecule has 2 aliphatic heterocycles. The molecule has 2 atom stereocenters. The van der Waals surface area contributed by atoms with Crippen molar-refractivity contribution in [2.45, 2.75) is 57.2 Å². The normalized spacial score (nSPS) is 24.5. The lowest BCUT2D eigenvalue weighted by molar-refractivity contribution is -0.149. The van der Waals surface area contributed by atoms with Gasteiger partial charge in [0.25, 0.3) is 5.91 Å². The molecule has 0 radical (unpaired) electrons. The van der Waals surface area contributed by atoms with Crippen molar-refractivity contribution < 1.29 is 9.53 Å². The van der Waals surface area contributed by atoms with Crippen LogP contribution < -0.4 is 4.74 Å². The van der Waals surface area contributed by atoms with Crippen molar-refractivity contribution in [1.82, 2.24) is 4.90 Å². The topological polar surface area (TPSA) is 29.5 Å². The fourth-order valence-corrected chi connectivity index (χ4v) is 3.72. The van der Waals surface area contributed by atoms with Gasteiger partial charge in [0.15, 0.2) is 5.60 Å². The van der Waals surface area contributed by atoms with Gasteiger partial charge in [-0.1, -0.05) is 23.8 Å². The van der Waals surface area contributed by atoms with E-state index in [1.165, 1.54) is 5.57 Å². The standard InChI is InChI=1S/C18H22ClNO2/c1-12-10-14-6-7-15(11-12)20(14)17(21)18(2,3)22-16-8-4-13(19)5-9-16/h4-5,8-9,14-15H,1,6-7,10-11H2,2-3H3. The Balaban J connectivity index is 1.75. The molecule has 1 aromatic rings. The van der Waals surface area contributed by atoms with Crippen molar-refractivity contribution >= 4 is 17.5 Å². The molecule has 3 nitrogen and oxygen atoms in total. The molecule has 2 fully saturated rings. The van der Waals surface area contributed by atoms with Crippen LogP contribution in [0.3, 0.4) is 0 Å². The maximum absolute atomic E-state index is 13.0. The summed E-state index contributed by atoms with van der Waals surface area (Å²) in [6.45, 7) is 7.79. The smallest absolute Gasteiger partial charge is 0.266 e. The van der Waals surface area contributed by atoms with E-state index in [4.69, 9.17) is 16.3 Å². The lowest BCUT2D eigenvalue weighted by Crippen LogP contribution is -2.54. The predicted octanol–water partition coefficient (Wildman–Crippen LogP) is 4.21. The van der Waals surface area contributed by atoms with Crippen LogP contribution in [-0.4, -0.2) is 28.5 Å². The number of rotatable bonds is 3. The fourth-order valence-electron chi connectivity index (χ4n) is 3.60. The summed E-state index contributed by atoms with van der Waals surface area (Å²) in [5, 5.41) is 0.657. The molecule has 1 amide bonds. The molecule has 3 rings (SSSR count). The number of piperidine rings is 1. The minimum absolute atomic E-state index is 0.0717. The molecule has 1 aromatic carbocycles. The molecule has 2 unspecified atom stereocenters. The first-order valence-electron chi connectivity index (χ1n) is 7.81. The minimum Gasteiger partial charge on any atom is -0.478 e. The first kappa shape index (κ1) is 15.4. The molecular formula is C18H22ClNO2. The highest BCUT2D eigenvalue weighted by Crippen LogP contribution is 2.39. The molecule has 2 saturated heterocycles. The number of amides is 1. The highest BCUT2D eigenvalue weighted by Gasteiger charge is 2.46. The predicted molar refractivity (Wildman–Crippen MR) is 88.2 cm³/mol. The SMILES string of the molecule is C=C1CC2CCC(C1)N2C(=O)C(C)(C)Oc1ccc(Cl)cc1. The number of nitrogens with zero attached hydrogens (tertiary/aromatic N) is 1. The summed E-state index contributed by atoms with van der Waals surface area (Å²) in [6, 6.07) is 7.73. The van der Waals surface area contributed by atoms with E-state index >= 15 is 0 Å². The number of carbonyl (C=O) groups is 1. The molecule has 118 valence electrons. The van der Waals surface area contributed by atoms with E-state index in [9.17, 15) is 4.79 Å². The summed E-state index contributed by atoms with van der Waals surface area (Å²) in [5.41, 5.74) is 0.390. The number of carbonyl (C=O) groups excluding carboxylic acids is 1. The molecule has 0 aromatic heterocycles. The van der Waals surface area contributed by atoms with Gasteiger partial charge in [-0.3, -0.25) is 4.79 Å². The second-order valence-corrected chi connectivity index (χ2v) is 7.26. The highest BCUT2D eigenvalue weighted by atomic mass is 35.5. The summed E-state index contributed by atoms with van der Waals surface area (Å²) < 4.78 is 5.95. The lowest BCUT2D eigenvalue weighted by atomic mass is 9.95. The third-order valence-corrected chi connectivity index (χ3v) is 4.86. The van der Waals surface area contributed by atoms with E-state index in [0.717, 1.165) is 25.7 Å². The van der Waals surface area contributed by atoms with Crippen molar-refractivity contribution in [2.75, 3.05) is 0 Å². The summed E-state index contributed by atoms with van der Waals surface area (Å²) in [4.78, 5) is 15.1. The van der Waals surface area contributed by atoms with Gasteiger partial charge in [0.2, 0.25) is 0 Å². The summed E-state index contributed by atoms with van der Waals surface area (Å²) >= 11 is 5.89. The van der Waals surface area contributed by atoms with E-state index in [1.54, 1.807) is 24.3 Å². The van der Waals surface area contributed by atoms with Crippen LogP contribution >= 0.6 is 11.6 Å².